The fourth-order valence-corrected chi connectivity index (χ4v) is 2.88. The highest BCUT2D eigenvalue weighted by Crippen LogP contribution is 2.29. The molecule has 4 aromatic rings. The summed E-state index contributed by atoms with van der Waals surface area (Å²) in [4.78, 5) is 4.07. The number of hydrogen-bond acceptors (Lipinski definition) is 1. The van der Waals surface area contributed by atoms with Crippen LogP contribution in [-0.2, 0) is 0 Å². The summed E-state index contributed by atoms with van der Waals surface area (Å²) in [7, 11) is 0. The first-order valence-corrected chi connectivity index (χ1v) is 7.40. The van der Waals surface area contributed by atoms with Gasteiger partial charge in [0.15, 0.2) is 0 Å². The third kappa shape index (κ3) is 2.27. The van der Waals surface area contributed by atoms with Crippen LogP contribution in [-0.4, -0.2) is 4.98 Å². The van der Waals surface area contributed by atoms with Crippen LogP contribution in [0.1, 0.15) is 11.1 Å². The molecule has 0 aliphatic rings. The first-order valence-electron chi connectivity index (χ1n) is 7.40. The Hall–Kier alpha value is -2.93. The van der Waals surface area contributed by atoms with E-state index in [9.17, 15) is 0 Å². The number of benzene rings is 3. The number of fused-ring (bicyclic) bond motifs is 2. The number of hydrogen-bond donors (Lipinski definition) is 0. The summed E-state index contributed by atoms with van der Waals surface area (Å²) >= 11 is 0. The molecule has 4 rings (SSSR count). The van der Waals surface area contributed by atoms with Gasteiger partial charge in [-0.15, -0.1) is 0 Å². The molecule has 0 radical (unpaired) electrons. The summed E-state index contributed by atoms with van der Waals surface area (Å²) in [6.07, 6.45) is 8.00. The normalized spacial score (nSPS) is 11.5. The molecule has 0 saturated carbocycles. The fourth-order valence-electron chi connectivity index (χ4n) is 2.88. The van der Waals surface area contributed by atoms with Gasteiger partial charge >= 0.3 is 0 Å². The van der Waals surface area contributed by atoms with Crippen molar-refractivity contribution in [2.75, 3.05) is 0 Å². The second-order valence-electron chi connectivity index (χ2n) is 5.35. The summed E-state index contributed by atoms with van der Waals surface area (Å²) in [5, 5.41) is 5.11. The molecule has 1 nitrogen and oxygen atoms in total. The third-order valence-corrected chi connectivity index (χ3v) is 3.96. The van der Waals surface area contributed by atoms with Gasteiger partial charge in [0, 0.05) is 12.4 Å². The molecule has 1 heterocycles. The zero-order valence-corrected chi connectivity index (χ0v) is 12.1. The second kappa shape index (κ2) is 5.45. The van der Waals surface area contributed by atoms with E-state index in [2.05, 4.69) is 71.7 Å². The van der Waals surface area contributed by atoms with Gasteiger partial charge in [0.1, 0.15) is 0 Å². The standard InChI is InChI=1S/C21H15N/c1-3-7-19-17(5-1)15-18-6-2-4-8-20(18)21(19)10-9-16-11-13-22-14-12-16/h1-15H/b10-9-. The van der Waals surface area contributed by atoms with Crippen LogP contribution >= 0.6 is 0 Å². The van der Waals surface area contributed by atoms with E-state index in [0.717, 1.165) is 5.56 Å². The van der Waals surface area contributed by atoms with Crippen molar-refractivity contribution < 1.29 is 0 Å². The Morgan fingerprint density at radius 3 is 1.86 bits per heavy atom. The zero-order chi connectivity index (χ0) is 14.8. The highest BCUT2D eigenvalue weighted by Gasteiger charge is 2.04. The van der Waals surface area contributed by atoms with Crippen LogP contribution in [0.2, 0.25) is 0 Å². The molecule has 3 aromatic carbocycles. The maximum atomic E-state index is 4.07. The Morgan fingerprint density at radius 1 is 0.636 bits per heavy atom. The van der Waals surface area contributed by atoms with Crippen molar-refractivity contribution in [2.24, 2.45) is 0 Å². The van der Waals surface area contributed by atoms with Crippen LogP contribution in [0.3, 0.4) is 0 Å². The van der Waals surface area contributed by atoms with Crippen LogP contribution in [0.25, 0.3) is 33.7 Å². The first kappa shape index (κ1) is 12.8. The van der Waals surface area contributed by atoms with E-state index in [-0.39, 0.29) is 0 Å². The van der Waals surface area contributed by atoms with Gasteiger partial charge < -0.3 is 0 Å². The first-order chi connectivity index (χ1) is 10.9. The molecule has 0 unspecified atom stereocenters. The van der Waals surface area contributed by atoms with Gasteiger partial charge in [0.25, 0.3) is 0 Å². The predicted molar refractivity (Wildman–Crippen MR) is 94.6 cm³/mol. The Bertz CT molecular complexity index is 915. The molecular formula is C21H15N. The van der Waals surface area contributed by atoms with Crippen molar-refractivity contribution in [3.05, 3.63) is 90.3 Å². The van der Waals surface area contributed by atoms with Crippen LogP contribution in [0.5, 0.6) is 0 Å². The highest BCUT2D eigenvalue weighted by molar-refractivity contribution is 6.07. The summed E-state index contributed by atoms with van der Waals surface area (Å²) in [5.74, 6) is 0. The van der Waals surface area contributed by atoms with Gasteiger partial charge in [0.2, 0.25) is 0 Å². The minimum atomic E-state index is 1.16. The monoisotopic (exact) mass is 281 g/mol. The summed E-state index contributed by atoms with van der Waals surface area (Å²) in [5.41, 5.74) is 2.43. The average molecular weight is 281 g/mol. The van der Waals surface area contributed by atoms with Crippen molar-refractivity contribution in [3.8, 4) is 0 Å². The van der Waals surface area contributed by atoms with Gasteiger partial charge in [-0.3, -0.25) is 4.98 Å². The summed E-state index contributed by atoms with van der Waals surface area (Å²) in [6.45, 7) is 0. The van der Waals surface area contributed by atoms with Crippen LogP contribution in [0, 0.1) is 0 Å². The lowest BCUT2D eigenvalue weighted by Gasteiger charge is -2.08. The Balaban J connectivity index is 1.98. The summed E-state index contributed by atoms with van der Waals surface area (Å²) < 4.78 is 0. The van der Waals surface area contributed by atoms with E-state index in [4.69, 9.17) is 0 Å². The van der Waals surface area contributed by atoms with Gasteiger partial charge in [-0.2, -0.15) is 0 Å². The number of aromatic nitrogens is 1. The average Bonchev–Trinajstić information content (AvgIpc) is 2.59. The molecule has 0 bridgehead atoms. The maximum absolute atomic E-state index is 4.07. The van der Waals surface area contributed by atoms with Crippen molar-refractivity contribution >= 4 is 33.7 Å². The fraction of sp³-hybridized carbons (Fsp3) is 0. The molecule has 22 heavy (non-hydrogen) atoms. The molecule has 0 amide bonds. The number of pyridine rings is 1. The highest BCUT2D eigenvalue weighted by atomic mass is 14.6. The lowest BCUT2D eigenvalue weighted by atomic mass is 9.96. The van der Waals surface area contributed by atoms with Crippen molar-refractivity contribution in [2.45, 2.75) is 0 Å². The molecule has 104 valence electrons. The number of rotatable bonds is 2. The van der Waals surface area contributed by atoms with E-state index >= 15 is 0 Å². The Morgan fingerprint density at radius 2 is 1.23 bits per heavy atom. The van der Waals surface area contributed by atoms with Crippen molar-refractivity contribution in [3.63, 3.8) is 0 Å². The third-order valence-electron chi connectivity index (χ3n) is 3.96. The molecule has 0 aliphatic heterocycles. The molecular weight excluding hydrogens is 266 g/mol. The van der Waals surface area contributed by atoms with Gasteiger partial charge in [0.05, 0.1) is 0 Å². The minimum absolute atomic E-state index is 1.16. The molecule has 0 aliphatic carbocycles. The molecule has 1 heteroatoms. The van der Waals surface area contributed by atoms with E-state index in [1.54, 1.807) is 0 Å². The maximum Gasteiger partial charge on any atom is 0.0273 e. The molecule has 1 aromatic heterocycles. The van der Waals surface area contributed by atoms with E-state index in [1.165, 1.54) is 27.1 Å². The molecule has 0 spiro atoms. The van der Waals surface area contributed by atoms with Crippen LogP contribution in [0.4, 0.5) is 0 Å². The molecule has 0 N–H and O–H groups in total. The second-order valence-corrected chi connectivity index (χ2v) is 5.35. The lowest BCUT2D eigenvalue weighted by Crippen LogP contribution is -1.83. The van der Waals surface area contributed by atoms with E-state index in [0.29, 0.717) is 0 Å². The number of nitrogens with zero attached hydrogens (tertiary/aromatic N) is 1. The van der Waals surface area contributed by atoms with E-state index < -0.39 is 0 Å². The predicted octanol–water partition coefficient (Wildman–Crippen LogP) is 5.56. The van der Waals surface area contributed by atoms with Crippen LogP contribution in [0.15, 0.2) is 79.1 Å². The van der Waals surface area contributed by atoms with Gasteiger partial charge in [-0.05, 0) is 50.9 Å². The SMILES string of the molecule is C(=C/c1c2ccccc2cc2ccccc12)/c1ccncc1. The molecule has 0 atom stereocenters. The smallest absolute Gasteiger partial charge is 0.0273 e. The topological polar surface area (TPSA) is 12.9 Å². The van der Waals surface area contributed by atoms with Crippen molar-refractivity contribution in [1.82, 2.24) is 4.98 Å². The van der Waals surface area contributed by atoms with E-state index in [1.807, 2.05) is 24.5 Å². The molecule has 0 saturated heterocycles. The zero-order valence-electron chi connectivity index (χ0n) is 12.1. The largest absolute Gasteiger partial charge is 0.265 e. The Kier molecular flexibility index (Phi) is 3.17. The summed E-state index contributed by atoms with van der Waals surface area (Å²) in [6, 6.07) is 23.4. The minimum Gasteiger partial charge on any atom is -0.265 e. The Labute approximate surface area is 129 Å². The quantitative estimate of drug-likeness (QED) is 0.438. The van der Waals surface area contributed by atoms with Gasteiger partial charge in [-0.1, -0.05) is 60.7 Å². The van der Waals surface area contributed by atoms with Gasteiger partial charge in [-0.25, -0.2) is 0 Å². The van der Waals surface area contributed by atoms with Crippen molar-refractivity contribution in [1.29, 1.82) is 0 Å². The van der Waals surface area contributed by atoms with Crippen LogP contribution < -0.4 is 0 Å². The lowest BCUT2D eigenvalue weighted by molar-refractivity contribution is 1.32. The molecule has 0 fully saturated rings.